The fraction of sp³-hybridized carbons (Fsp3) is 0.143. The molecule has 0 unspecified atom stereocenters. The van der Waals surface area contributed by atoms with E-state index in [-0.39, 0.29) is 0 Å². The Morgan fingerprint density at radius 3 is 0.864 bits per heavy atom. The van der Waals surface area contributed by atoms with Crippen LogP contribution in [0.3, 0.4) is 0 Å². The molecule has 0 nitrogen and oxygen atoms in total. The van der Waals surface area contributed by atoms with Gasteiger partial charge in [-0.1, -0.05) is 0 Å². The Morgan fingerprint density at radius 2 is 0.636 bits per heavy atom. The van der Waals surface area contributed by atoms with Crippen LogP contribution in [-0.4, -0.2) is 13.9 Å². The van der Waals surface area contributed by atoms with Gasteiger partial charge in [-0.25, -0.2) is 0 Å². The fourth-order valence-electron chi connectivity index (χ4n) is 2.43. The summed E-state index contributed by atoms with van der Waals surface area (Å²) in [6.45, 7) is 6.45. The van der Waals surface area contributed by atoms with E-state index in [4.69, 9.17) is 0 Å². The van der Waals surface area contributed by atoms with Gasteiger partial charge < -0.3 is 0 Å². The zero-order valence-corrected chi connectivity index (χ0v) is 15.0. The molecule has 0 atom stereocenters. The van der Waals surface area contributed by atoms with Crippen molar-refractivity contribution < 1.29 is 0 Å². The van der Waals surface area contributed by atoms with Crippen LogP contribution in [0.2, 0.25) is 0 Å². The van der Waals surface area contributed by atoms with E-state index in [1.165, 1.54) is 30.1 Å². The zero-order valence-electron chi connectivity index (χ0n) is 13.3. The SMILES string of the molecule is Cc1ccc([Se](c2ccc(C)cc2)c2ccc(C)cc2)cc1. The van der Waals surface area contributed by atoms with Crippen LogP contribution in [0.4, 0.5) is 0 Å². The number of aryl methyl sites for hydroxylation is 3. The first-order valence-electron chi connectivity index (χ1n) is 7.58. The van der Waals surface area contributed by atoms with Crippen LogP contribution < -0.4 is 13.4 Å². The Labute approximate surface area is 137 Å². The van der Waals surface area contributed by atoms with Gasteiger partial charge in [0.2, 0.25) is 0 Å². The van der Waals surface area contributed by atoms with Crippen LogP contribution in [-0.2, 0) is 0 Å². The van der Waals surface area contributed by atoms with Crippen LogP contribution >= 0.6 is 0 Å². The van der Waals surface area contributed by atoms with E-state index in [0.717, 1.165) is 0 Å². The standard InChI is InChI=1S/C21H21Se/c1-16-4-10-19(11-5-16)22(20-12-6-17(2)7-13-20)21-14-8-18(3)9-15-21/h4-15H,1-3H3. The monoisotopic (exact) mass is 353 g/mol. The van der Waals surface area contributed by atoms with Gasteiger partial charge in [0.25, 0.3) is 0 Å². The molecule has 3 aromatic carbocycles. The Morgan fingerprint density at radius 1 is 0.409 bits per heavy atom. The van der Waals surface area contributed by atoms with Gasteiger partial charge in [0, 0.05) is 0 Å². The van der Waals surface area contributed by atoms with Crippen molar-refractivity contribution in [3.8, 4) is 0 Å². The molecule has 0 aromatic heterocycles. The topological polar surface area (TPSA) is 0 Å². The number of rotatable bonds is 3. The van der Waals surface area contributed by atoms with Gasteiger partial charge in [-0.15, -0.1) is 0 Å². The Bertz CT molecular complexity index is 629. The molecule has 111 valence electrons. The summed E-state index contributed by atoms with van der Waals surface area (Å²) in [6.07, 6.45) is 0. The first kappa shape index (κ1) is 15.1. The van der Waals surface area contributed by atoms with Crippen molar-refractivity contribution in [2.45, 2.75) is 20.8 Å². The van der Waals surface area contributed by atoms with Crippen molar-refractivity contribution >= 4 is 27.3 Å². The first-order valence-corrected chi connectivity index (χ1v) is 10.1. The van der Waals surface area contributed by atoms with Crippen LogP contribution in [0.1, 0.15) is 16.7 Å². The summed E-state index contributed by atoms with van der Waals surface area (Å²) in [5.41, 5.74) is 3.96. The van der Waals surface area contributed by atoms with Crippen molar-refractivity contribution in [2.24, 2.45) is 0 Å². The molecular formula is C21H21Se. The maximum atomic E-state index is 2.31. The predicted molar refractivity (Wildman–Crippen MR) is 98.2 cm³/mol. The third-order valence-corrected chi connectivity index (χ3v) is 8.45. The molecular weight excluding hydrogens is 331 g/mol. The number of hydrogen-bond donors (Lipinski definition) is 0. The van der Waals surface area contributed by atoms with E-state index < -0.39 is 13.9 Å². The second kappa shape index (κ2) is 6.52. The summed E-state index contributed by atoms with van der Waals surface area (Å²) in [6, 6.07) is 27.2. The van der Waals surface area contributed by atoms with Crippen LogP contribution in [0.5, 0.6) is 0 Å². The molecule has 0 spiro atoms. The predicted octanol–water partition coefficient (Wildman–Crippen LogP) is 3.13. The molecule has 1 radical (unpaired) electrons. The molecule has 0 aliphatic carbocycles. The van der Waals surface area contributed by atoms with Crippen LogP contribution in [0.15, 0.2) is 72.8 Å². The minimum atomic E-state index is -1.20. The molecule has 0 bridgehead atoms. The Kier molecular flexibility index (Phi) is 4.47. The van der Waals surface area contributed by atoms with Crippen molar-refractivity contribution in [1.82, 2.24) is 0 Å². The van der Waals surface area contributed by atoms with Gasteiger partial charge in [-0.3, -0.25) is 0 Å². The fourth-order valence-corrected chi connectivity index (χ4v) is 6.71. The second-order valence-corrected chi connectivity index (χ2v) is 10.00. The van der Waals surface area contributed by atoms with Gasteiger partial charge in [0.15, 0.2) is 0 Å². The van der Waals surface area contributed by atoms with Crippen LogP contribution in [0.25, 0.3) is 0 Å². The summed E-state index contributed by atoms with van der Waals surface area (Å²) in [4.78, 5) is 0. The van der Waals surface area contributed by atoms with Gasteiger partial charge in [-0.05, 0) is 0 Å². The molecule has 0 amide bonds. The number of hydrogen-bond acceptors (Lipinski definition) is 0. The maximum absolute atomic E-state index is 2.31. The van der Waals surface area contributed by atoms with Crippen molar-refractivity contribution in [2.75, 3.05) is 0 Å². The molecule has 0 N–H and O–H groups in total. The molecule has 0 heterocycles. The summed E-state index contributed by atoms with van der Waals surface area (Å²) < 4.78 is 4.41. The minimum absolute atomic E-state index is 1.20. The van der Waals surface area contributed by atoms with E-state index >= 15 is 0 Å². The second-order valence-electron chi connectivity index (χ2n) is 5.75. The van der Waals surface area contributed by atoms with E-state index in [1.807, 2.05) is 0 Å². The molecule has 22 heavy (non-hydrogen) atoms. The normalized spacial score (nSPS) is 10.9. The van der Waals surface area contributed by atoms with Crippen molar-refractivity contribution in [3.63, 3.8) is 0 Å². The van der Waals surface area contributed by atoms with Crippen LogP contribution in [0, 0.1) is 20.8 Å². The Balaban J connectivity index is 2.10. The average molecular weight is 352 g/mol. The zero-order chi connectivity index (χ0) is 15.5. The molecule has 1 heteroatoms. The van der Waals surface area contributed by atoms with Crippen molar-refractivity contribution in [3.05, 3.63) is 89.5 Å². The molecule has 0 aliphatic rings. The van der Waals surface area contributed by atoms with Crippen molar-refractivity contribution in [1.29, 1.82) is 0 Å². The van der Waals surface area contributed by atoms with Gasteiger partial charge in [0.1, 0.15) is 0 Å². The molecule has 3 aromatic rings. The summed E-state index contributed by atoms with van der Waals surface area (Å²) in [5.74, 6) is 0. The molecule has 0 fully saturated rings. The van der Waals surface area contributed by atoms with E-state index in [1.54, 1.807) is 0 Å². The van der Waals surface area contributed by atoms with Gasteiger partial charge in [0.05, 0.1) is 0 Å². The third kappa shape index (κ3) is 3.32. The number of benzene rings is 3. The molecule has 0 saturated heterocycles. The quantitative estimate of drug-likeness (QED) is 0.636. The van der Waals surface area contributed by atoms with Gasteiger partial charge in [-0.2, -0.15) is 0 Å². The molecule has 3 rings (SSSR count). The van der Waals surface area contributed by atoms with E-state index in [9.17, 15) is 0 Å². The first-order chi connectivity index (χ1) is 10.6. The van der Waals surface area contributed by atoms with E-state index in [0.29, 0.717) is 0 Å². The summed E-state index contributed by atoms with van der Waals surface area (Å²) in [5, 5.41) is 0. The van der Waals surface area contributed by atoms with E-state index in [2.05, 4.69) is 93.6 Å². The molecule has 0 saturated carbocycles. The summed E-state index contributed by atoms with van der Waals surface area (Å²) >= 11 is -1.20. The average Bonchev–Trinajstić information content (AvgIpc) is 2.53. The summed E-state index contributed by atoms with van der Waals surface area (Å²) in [7, 11) is 0. The van der Waals surface area contributed by atoms with Gasteiger partial charge >= 0.3 is 138 Å². The Hall–Kier alpha value is -1.82. The molecule has 0 aliphatic heterocycles. The third-order valence-electron chi connectivity index (χ3n) is 3.77.